The Bertz CT molecular complexity index is 790. The Labute approximate surface area is 174 Å². The summed E-state index contributed by atoms with van der Waals surface area (Å²) < 4.78 is 40.3. The molecule has 0 saturated heterocycles. The lowest BCUT2D eigenvalue weighted by molar-refractivity contribution is -0.161. The average molecular weight is 587 g/mol. The van der Waals surface area contributed by atoms with Gasteiger partial charge in [0.1, 0.15) is 15.9 Å². The van der Waals surface area contributed by atoms with E-state index in [1.165, 1.54) is 31.4 Å². The maximum absolute atomic E-state index is 13.0. The Kier molecular flexibility index (Phi) is 4.64. The third-order valence-electron chi connectivity index (χ3n) is 5.90. The molecule has 4 fully saturated rings. The topological polar surface area (TPSA) is 83.5 Å². The zero-order valence-electron chi connectivity index (χ0n) is 13.3. The Hall–Kier alpha value is 0.0600. The van der Waals surface area contributed by atoms with Gasteiger partial charge in [0.25, 0.3) is 0 Å². The molecule has 4 saturated carbocycles. The minimum absolute atomic E-state index is 0.184. The van der Waals surface area contributed by atoms with Crippen LogP contribution in [0.2, 0.25) is 0 Å². The smallest absolute Gasteiger partial charge is 0.317 e. The summed E-state index contributed by atoms with van der Waals surface area (Å²) in [5.74, 6) is 2.07. The highest BCUT2D eigenvalue weighted by molar-refractivity contribution is 14.1. The molecule has 25 heavy (non-hydrogen) atoms. The minimum Gasteiger partial charge on any atom is -0.744 e. The summed E-state index contributed by atoms with van der Waals surface area (Å²) in [7, 11) is -4.55. The van der Waals surface area contributed by atoms with E-state index in [9.17, 15) is 17.8 Å². The third kappa shape index (κ3) is 3.36. The van der Waals surface area contributed by atoms with Crippen LogP contribution in [0.4, 0.5) is 0 Å². The molecule has 136 valence electrons. The van der Waals surface area contributed by atoms with E-state index in [-0.39, 0.29) is 23.4 Å². The fourth-order valence-corrected chi connectivity index (χ4v) is 9.33. The molecule has 0 N–H and O–H groups in total. The second-order valence-corrected chi connectivity index (χ2v) is 11.4. The summed E-state index contributed by atoms with van der Waals surface area (Å²) in [6, 6.07) is 2.93. The maximum atomic E-state index is 13.0. The maximum Gasteiger partial charge on any atom is 0.317 e. The lowest BCUT2D eigenvalue weighted by Gasteiger charge is -2.55. The van der Waals surface area contributed by atoms with Gasteiger partial charge >= 0.3 is 5.97 Å². The normalized spacial score (nSPS) is 33.5. The van der Waals surface area contributed by atoms with Crippen molar-refractivity contribution in [1.29, 1.82) is 0 Å². The van der Waals surface area contributed by atoms with Gasteiger partial charge in [0.15, 0.2) is 0 Å². The predicted molar refractivity (Wildman–Crippen MR) is 106 cm³/mol. The van der Waals surface area contributed by atoms with Crippen molar-refractivity contribution in [3.63, 3.8) is 0 Å². The van der Waals surface area contributed by atoms with Crippen molar-refractivity contribution in [2.45, 2.75) is 43.4 Å². The van der Waals surface area contributed by atoms with E-state index in [0.717, 1.165) is 19.3 Å². The van der Waals surface area contributed by atoms with Crippen molar-refractivity contribution in [3.8, 4) is 5.75 Å². The van der Waals surface area contributed by atoms with Crippen LogP contribution >= 0.6 is 45.2 Å². The molecule has 0 amide bonds. The molecular formula is C17H17I2O5S-. The molecule has 0 radical (unpaired) electrons. The monoisotopic (exact) mass is 587 g/mol. The van der Waals surface area contributed by atoms with Crippen LogP contribution in [-0.4, -0.2) is 18.9 Å². The highest BCUT2D eigenvalue weighted by atomic mass is 127. The average Bonchev–Trinajstić information content (AvgIpc) is 2.43. The van der Waals surface area contributed by atoms with Crippen LogP contribution in [0.3, 0.4) is 0 Å². The predicted octanol–water partition coefficient (Wildman–Crippen LogP) is 3.92. The van der Waals surface area contributed by atoms with Crippen molar-refractivity contribution in [1.82, 2.24) is 0 Å². The van der Waals surface area contributed by atoms with Crippen molar-refractivity contribution in [2.75, 3.05) is 0 Å². The molecule has 1 aromatic carbocycles. The number of esters is 1. The first-order chi connectivity index (χ1) is 11.7. The first-order valence-electron chi connectivity index (χ1n) is 8.33. The number of halogens is 2. The first-order valence-corrected chi connectivity index (χ1v) is 11.9. The minimum atomic E-state index is -4.55. The number of rotatable bonds is 3. The van der Waals surface area contributed by atoms with E-state index >= 15 is 0 Å². The number of carbonyl (C=O) groups is 1. The Morgan fingerprint density at radius 3 is 1.88 bits per heavy atom. The Balaban J connectivity index is 1.60. The molecular weight excluding hydrogens is 570 g/mol. The van der Waals surface area contributed by atoms with Gasteiger partial charge in [0.2, 0.25) is 0 Å². The van der Waals surface area contributed by atoms with Gasteiger partial charge in [-0.15, -0.1) is 0 Å². The molecule has 5 rings (SSSR count). The molecule has 0 unspecified atom stereocenters. The van der Waals surface area contributed by atoms with Gasteiger partial charge < -0.3 is 9.29 Å². The molecule has 4 aliphatic rings. The highest BCUT2D eigenvalue weighted by Crippen LogP contribution is 2.60. The van der Waals surface area contributed by atoms with Gasteiger partial charge in [0, 0.05) is 7.14 Å². The SMILES string of the molecule is O=C(Oc1cc(I)c(S(=O)(=O)[O-])c(I)c1)C12CC3CC(CC(C3)C1)C2. The fourth-order valence-electron chi connectivity index (χ4n) is 5.41. The zero-order valence-corrected chi connectivity index (χ0v) is 18.5. The van der Waals surface area contributed by atoms with E-state index < -0.39 is 10.1 Å². The molecule has 8 heteroatoms. The molecule has 4 aliphatic carbocycles. The summed E-state index contributed by atoms with van der Waals surface area (Å²) >= 11 is 3.60. The first kappa shape index (κ1) is 18.4. The molecule has 5 nitrogen and oxygen atoms in total. The van der Waals surface area contributed by atoms with Gasteiger partial charge in [-0.05, 0) is 114 Å². The number of ether oxygens (including phenoxy) is 1. The lowest BCUT2D eigenvalue weighted by Crippen LogP contribution is -2.51. The molecule has 1 aromatic rings. The summed E-state index contributed by atoms with van der Waals surface area (Å²) in [6.07, 6.45) is 6.49. The van der Waals surface area contributed by atoms with E-state index in [2.05, 4.69) is 0 Å². The number of carbonyl (C=O) groups excluding carboxylic acids is 1. The molecule has 4 bridgehead atoms. The standard InChI is InChI=1S/C17H18I2O5S/c18-13-4-12(5-14(19)15(13)25(21,22)23)24-16(20)17-6-9-1-10(7-17)3-11(2-9)8-17/h4-5,9-11H,1-3,6-8H2,(H,21,22,23)/p-1. The van der Waals surface area contributed by atoms with E-state index in [1.807, 2.05) is 0 Å². The highest BCUT2D eigenvalue weighted by Gasteiger charge is 2.55. The van der Waals surface area contributed by atoms with Crippen LogP contribution in [-0.2, 0) is 14.9 Å². The van der Waals surface area contributed by atoms with E-state index in [4.69, 9.17) is 4.74 Å². The van der Waals surface area contributed by atoms with Crippen LogP contribution in [0.25, 0.3) is 0 Å². The molecule has 0 spiro atoms. The van der Waals surface area contributed by atoms with E-state index in [1.54, 1.807) is 45.2 Å². The summed E-state index contributed by atoms with van der Waals surface area (Å²) in [6.45, 7) is 0. The molecule has 0 aromatic heterocycles. The number of hydrogen-bond donors (Lipinski definition) is 0. The van der Waals surface area contributed by atoms with Crippen LogP contribution in [0, 0.1) is 30.3 Å². The lowest BCUT2D eigenvalue weighted by atomic mass is 9.49. The molecule has 0 heterocycles. The summed E-state index contributed by atoms with van der Waals surface area (Å²) in [5.41, 5.74) is -0.366. The Morgan fingerprint density at radius 1 is 1.04 bits per heavy atom. The molecule has 0 aliphatic heterocycles. The fraction of sp³-hybridized carbons (Fsp3) is 0.588. The number of hydrogen-bond acceptors (Lipinski definition) is 5. The summed E-state index contributed by atoms with van der Waals surface area (Å²) in [5, 5.41) is 0. The second kappa shape index (κ2) is 6.30. The Morgan fingerprint density at radius 2 is 1.48 bits per heavy atom. The van der Waals surface area contributed by atoms with Crippen molar-refractivity contribution in [3.05, 3.63) is 19.3 Å². The third-order valence-corrected chi connectivity index (χ3v) is 9.28. The number of benzene rings is 1. The van der Waals surface area contributed by atoms with Crippen molar-refractivity contribution in [2.24, 2.45) is 23.2 Å². The quantitative estimate of drug-likeness (QED) is 0.232. The van der Waals surface area contributed by atoms with Gasteiger partial charge in [-0.3, -0.25) is 4.79 Å². The van der Waals surface area contributed by atoms with Crippen LogP contribution < -0.4 is 4.74 Å². The largest absolute Gasteiger partial charge is 0.744 e. The van der Waals surface area contributed by atoms with Crippen molar-refractivity contribution >= 4 is 61.3 Å². The van der Waals surface area contributed by atoms with Gasteiger partial charge in [-0.2, -0.15) is 0 Å². The van der Waals surface area contributed by atoms with Crippen LogP contribution in [0.1, 0.15) is 38.5 Å². The second-order valence-electron chi connectivity index (χ2n) is 7.76. The van der Waals surface area contributed by atoms with Crippen molar-refractivity contribution < 1.29 is 22.5 Å². The van der Waals surface area contributed by atoms with Gasteiger partial charge in [-0.25, -0.2) is 8.42 Å². The van der Waals surface area contributed by atoms with Gasteiger partial charge in [0.05, 0.1) is 10.3 Å². The van der Waals surface area contributed by atoms with Crippen LogP contribution in [0.5, 0.6) is 5.75 Å². The van der Waals surface area contributed by atoms with Gasteiger partial charge in [-0.1, -0.05) is 0 Å². The van der Waals surface area contributed by atoms with Crippen LogP contribution in [0.15, 0.2) is 17.0 Å². The zero-order chi connectivity index (χ0) is 18.0. The summed E-state index contributed by atoms with van der Waals surface area (Å²) in [4.78, 5) is 12.7. The molecule has 0 atom stereocenters. The van der Waals surface area contributed by atoms with E-state index in [0.29, 0.717) is 23.5 Å².